The Morgan fingerprint density at radius 2 is 1.19 bits per heavy atom. The molecule has 3 aliphatic rings. The van der Waals surface area contributed by atoms with E-state index in [1.165, 1.54) is 38.9 Å². The van der Waals surface area contributed by atoms with Crippen LogP contribution in [0.2, 0.25) is 0 Å². The van der Waals surface area contributed by atoms with Crippen molar-refractivity contribution in [3.63, 3.8) is 0 Å². The van der Waals surface area contributed by atoms with Crippen LogP contribution in [0.15, 0.2) is 211 Å². The van der Waals surface area contributed by atoms with Crippen LogP contribution < -0.4 is 5.32 Å². The summed E-state index contributed by atoms with van der Waals surface area (Å²) in [5.74, 6) is 0. The first-order valence-corrected chi connectivity index (χ1v) is 21.7. The van der Waals surface area contributed by atoms with Crippen LogP contribution in [0.4, 0.5) is 0 Å². The number of pyridine rings is 1. The van der Waals surface area contributed by atoms with E-state index in [0.29, 0.717) is 0 Å². The highest BCUT2D eigenvalue weighted by atomic mass is 15.1. The molecule has 3 heteroatoms. The quantitative estimate of drug-likeness (QED) is 0.174. The lowest BCUT2D eigenvalue weighted by Gasteiger charge is -2.29. The van der Waals surface area contributed by atoms with Gasteiger partial charge >= 0.3 is 0 Å². The zero-order valence-electron chi connectivity index (χ0n) is 35.3. The first-order valence-electron chi connectivity index (χ1n) is 21.7. The number of nitrogens with one attached hydrogen (secondary N) is 1. The Balaban J connectivity index is 1.01. The molecule has 8 aromatic rings. The first-order chi connectivity index (χ1) is 30.3. The summed E-state index contributed by atoms with van der Waals surface area (Å²) >= 11 is 0. The van der Waals surface area contributed by atoms with Crippen LogP contribution in [-0.4, -0.2) is 10.7 Å². The topological polar surface area (TPSA) is 37.3 Å². The predicted octanol–water partition coefficient (Wildman–Crippen LogP) is 14.4. The number of hydrogen-bond acceptors (Lipinski definition) is 3. The maximum absolute atomic E-state index is 5.53. The van der Waals surface area contributed by atoms with E-state index in [1.807, 2.05) is 6.07 Å². The zero-order valence-corrected chi connectivity index (χ0v) is 35.3. The maximum Gasteiger partial charge on any atom is 0.145 e. The van der Waals surface area contributed by atoms with Gasteiger partial charge in [-0.15, -0.1) is 0 Å². The van der Waals surface area contributed by atoms with Crippen LogP contribution in [0.1, 0.15) is 66.7 Å². The molecule has 1 N–H and O–H groups in total. The average Bonchev–Trinajstić information content (AvgIpc) is 3.56. The van der Waals surface area contributed by atoms with Gasteiger partial charge in [0, 0.05) is 27.5 Å². The fraction of sp³-hybridized carbons (Fsp3) is 0.119. The standard InChI is InChI=1S/C59H47N3/c1-58(2)50-26-13-11-24-45(50)48-35-49-47(36-55(60-56(49)37-52(48)58)46-25-12-14-27-51(46)59(3)32-15-6-16-33-59)40-30-28-39(29-31-40)43-22-17-23-44(34-43)57-61-53(41-18-7-4-8-19-41)38-54(62-57)42-20-9-5-10-21-42/h4-32,34-38,57,61H,33H2,1-3H3. The van der Waals surface area contributed by atoms with E-state index in [1.54, 1.807) is 0 Å². The number of rotatable bonds is 7. The smallest absolute Gasteiger partial charge is 0.145 e. The molecule has 0 fully saturated rings. The largest absolute Gasteiger partial charge is 0.360 e. The second-order valence-corrected chi connectivity index (χ2v) is 17.6. The van der Waals surface area contributed by atoms with Crippen molar-refractivity contribution in [2.45, 2.75) is 44.2 Å². The normalized spacial score (nSPS) is 18.4. The van der Waals surface area contributed by atoms with Gasteiger partial charge in [-0.05, 0) is 104 Å². The highest BCUT2D eigenvalue weighted by Crippen LogP contribution is 2.51. The van der Waals surface area contributed by atoms with Crippen LogP contribution in [0.25, 0.3) is 61.2 Å². The Kier molecular flexibility index (Phi) is 9.09. The number of fused-ring (bicyclic) bond motifs is 4. The minimum atomic E-state index is -0.242. The molecule has 2 heterocycles. The molecule has 2 unspecified atom stereocenters. The molecule has 1 aliphatic heterocycles. The third kappa shape index (κ3) is 6.53. The van der Waals surface area contributed by atoms with Gasteiger partial charge in [-0.25, -0.2) is 4.98 Å². The molecule has 0 saturated carbocycles. The summed E-state index contributed by atoms with van der Waals surface area (Å²) in [6, 6.07) is 63.7. The van der Waals surface area contributed by atoms with Gasteiger partial charge in [0.2, 0.25) is 0 Å². The van der Waals surface area contributed by atoms with Gasteiger partial charge in [0.05, 0.1) is 16.9 Å². The van der Waals surface area contributed by atoms with Crippen LogP contribution in [-0.2, 0) is 10.8 Å². The fourth-order valence-corrected chi connectivity index (χ4v) is 9.90. The first kappa shape index (κ1) is 37.6. The molecule has 2 atom stereocenters. The molecular weight excluding hydrogens is 751 g/mol. The van der Waals surface area contributed by atoms with Crippen molar-refractivity contribution >= 4 is 22.3 Å². The van der Waals surface area contributed by atoms with E-state index in [4.69, 9.17) is 9.98 Å². The van der Waals surface area contributed by atoms with E-state index in [2.05, 4.69) is 226 Å². The van der Waals surface area contributed by atoms with Crippen LogP contribution in [0.3, 0.4) is 0 Å². The molecule has 0 amide bonds. The van der Waals surface area contributed by atoms with Crippen LogP contribution in [0.5, 0.6) is 0 Å². The van der Waals surface area contributed by atoms with Gasteiger partial charge < -0.3 is 5.32 Å². The van der Waals surface area contributed by atoms with Gasteiger partial charge in [0.1, 0.15) is 6.17 Å². The average molecular weight is 798 g/mol. The van der Waals surface area contributed by atoms with Crippen molar-refractivity contribution in [1.29, 1.82) is 0 Å². The summed E-state index contributed by atoms with van der Waals surface area (Å²) in [5.41, 5.74) is 19.6. The predicted molar refractivity (Wildman–Crippen MR) is 259 cm³/mol. The zero-order chi connectivity index (χ0) is 41.8. The number of allylic oxidation sites excluding steroid dienone is 5. The van der Waals surface area contributed by atoms with E-state index < -0.39 is 0 Å². The van der Waals surface area contributed by atoms with Crippen LogP contribution >= 0.6 is 0 Å². The summed E-state index contributed by atoms with van der Waals surface area (Å²) in [5, 5.41) is 4.91. The second kappa shape index (κ2) is 15.0. The van der Waals surface area contributed by atoms with E-state index in [-0.39, 0.29) is 17.0 Å². The van der Waals surface area contributed by atoms with Gasteiger partial charge in [0.25, 0.3) is 0 Å². The Bertz CT molecular complexity index is 3150. The monoisotopic (exact) mass is 797 g/mol. The summed E-state index contributed by atoms with van der Waals surface area (Å²) in [7, 11) is 0. The molecule has 0 spiro atoms. The minimum absolute atomic E-state index is 0.124. The number of nitrogens with zero attached hydrogens (tertiary/aromatic N) is 2. The summed E-state index contributed by atoms with van der Waals surface area (Å²) < 4.78 is 0. The molecule has 62 heavy (non-hydrogen) atoms. The van der Waals surface area contributed by atoms with Crippen molar-refractivity contribution in [2.24, 2.45) is 4.99 Å². The molecule has 0 bridgehead atoms. The SMILES string of the molecule is CC1(c2ccccc2-c2cc(-c3ccc(-c4cccc(C5N=C(c6ccccc6)C=C(c6ccccc6)N5)c4)cc3)c3cc4c(cc3n2)C(C)(C)c2ccccc2-4)C=CC=CC1. The number of benzene rings is 7. The molecule has 11 rings (SSSR count). The highest BCUT2D eigenvalue weighted by molar-refractivity contribution is 6.13. The second-order valence-electron chi connectivity index (χ2n) is 17.6. The Labute approximate surface area is 364 Å². The summed E-state index contributed by atoms with van der Waals surface area (Å²) in [6.07, 6.45) is 11.8. The van der Waals surface area contributed by atoms with E-state index in [0.717, 1.165) is 67.8 Å². The molecule has 0 saturated heterocycles. The van der Waals surface area contributed by atoms with Gasteiger partial charge in [0.15, 0.2) is 0 Å². The van der Waals surface area contributed by atoms with Crippen molar-refractivity contribution in [3.8, 4) is 44.6 Å². The van der Waals surface area contributed by atoms with Crippen molar-refractivity contribution in [2.75, 3.05) is 0 Å². The summed E-state index contributed by atoms with van der Waals surface area (Å²) in [4.78, 5) is 10.8. The maximum atomic E-state index is 5.53. The number of aromatic nitrogens is 1. The number of aliphatic imine (C=N–C) groups is 1. The highest BCUT2D eigenvalue weighted by Gasteiger charge is 2.36. The molecule has 1 aromatic heterocycles. The van der Waals surface area contributed by atoms with E-state index in [9.17, 15) is 0 Å². The molecule has 2 aliphatic carbocycles. The molecule has 7 aromatic carbocycles. The van der Waals surface area contributed by atoms with Gasteiger partial charge in [-0.2, -0.15) is 0 Å². The Hall–Kier alpha value is -7.36. The lowest BCUT2D eigenvalue weighted by Crippen LogP contribution is -2.24. The minimum Gasteiger partial charge on any atom is -0.360 e. The Morgan fingerprint density at radius 1 is 0.516 bits per heavy atom. The van der Waals surface area contributed by atoms with Gasteiger partial charge in [-0.3, -0.25) is 4.99 Å². The third-order valence-corrected chi connectivity index (χ3v) is 13.3. The molecular formula is C59H47N3. The Morgan fingerprint density at radius 3 is 1.95 bits per heavy atom. The lowest BCUT2D eigenvalue weighted by molar-refractivity contribution is 0.601. The van der Waals surface area contributed by atoms with Crippen molar-refractivity contribution in [3.05, 3.63) is 240 Å². The summed E-state index contributed by atoms with van der Waals surface area (Å²) in [6.45, 7) is 7.03. The van der Waals surface area contributed by atoms with Crippen molar-refractivity contribution < 1.29 is 0 Å². The lowest BCUT2D eigenvalue weighted by atomic mass is 9.75. The molecule has 3 nitrogen and oxygen atoms in total. The van der Waals surface area contributed by atoms with Crippen molar-refractivity contribution in [1.82, 2.24) is 10.3 Å². The van der Waals surface area contributed by atoms with Crippen LogP contribution in [0, 0.1) is 0 Å². The third-order valence-electron chi connectivity index (χ3n) is 13.3. The van der Waals surface area contributed by atoms with Gasteiger partial charge in [-0.1, -0.05) is 197 Å². The van der Waals surface area contributed by atoms with E-state index >= 15 is 0 Å². The fourth-order valence-electron chi connectivity index (χ4n) is 9.90. The molecule has 298 valence electrons. The number of hydrogen-bond donors (Lipinski definition) is 1. The molecule has 0 radical (unpaired) electrons.